The number of likely N-dealkylation sites (tertiary alicyclic amines) is 1. The van der Waals surface area contributed by atoms with Crippen LogP contribution in [0.3, 0.4) is 0 Å². The summed E-state index contributed by atoms with van der Waals surface area (Å²) >= 11 is 0. The smallest absolute Gasteiger partial charge is 0.133 e. The summed E-state index contributed by atoms with van der Waals surface area (Å²) in [5, 5.41) is 10.8. The molecule has 1 aliphatic rings. The summed E-state index contributed by atoms with van der Waals surface area (Å²) < 4.78 is 11.1. The van der Waals surface area contributed by atoms with Gasteiger partial charge in [-0.15, -0.1) is 0 Å². The number of nitrogens with zero attached hydrogens (tertiary/aromatic N) is 1. The van der Waals surface area contributed by atoms with E-state index in [1.54, 1.807) is 6.26 Å². The van der Waals surface area contributed by atoms with Gasteiger partial charge >= 0.3 is 0 Å². The monoisotopic (exact) mass is 289 g/mol. The molecule has 0 spiro atoms. The normalized spacial score (nSPS) is 20.1. The summed E-state index contributed by atoms with van der Waals surface area (Å²) in [5.74, 6) is 0. The Morgan fingerprint density at radius 2 is 2.24 bits per heavy atom. The number of hydrogen-bond acceptors (Lipinski definition) is 4. The predicted octanol–water partition coefficient (Wildman–Crippen LogP) is 2.45. The van der Waals surface area contributed by atoms with E-state index >= 15 is 0 Å². The minimum Gasteiger partial charge on any atom is -0.464 e. The molecule has 114 valence electrons. The lowest BCUT2D eigenvalue weighted by Gasteiger charge is -2.29. The molecule has 0 amide bonds. The Hall–Kier alpha value is -1.36. The van der Waals surface area contributed by atoms with Crippen molar-refractivity contribution in [3.05, 3.63) is 36.1 Å². The van der Waals surface area contributed by atoms with E-state index in [-0.39, 0.29) is 6.10 Å². The van der Waals surface area contributed by atoms with Crippen LogP contribution in [-0.4, -0.2) is 49.0 Å². The first-order valence-corrected chi connectivity index (χ1v) is 7.75. The summed E-state index contributed by atoms with van der Waals surface area (Å²) in [6.45, 7) is 4.26. The molecule has 1 aliphatic heterocycles. The Labute approximate surface area is 125 Å². The molecule has 1 aromatic carbocycles. The molecule has 2 heterocycles. The zero-order valence-corrected chi connectivity index (χ0v) is 12.3. The Balaban J connectivity index is 1.36. The topological polar surface area (TPSA) is 45.8 Å². The molecule has 1 N–H and O–H groups in total. The molecule has 1 saturated heterocycles. The van der Waals surface area contributed by atoms with Crippen molar-refractivity contribution in [1.82, 2.24) is 4.90 Å². The maximum absolute atomic E-state index is 9.61. The molecule has 0 aliphatic carbocycles. The standard InChI is InChI=1S/C17H23NO3/c19-16-2-1-7-18(13-16)8-11-20-9-5-14-3-4-17-15(12-14)6-10-21-17/h3-4,6,10,12,16,19H,1-2,5,7-9,11,13H2. The second kappa shape index (κ2) is 7.07. The average Bonchev–Trinajstić information content (AvgIpc) is 2.94. The molecule has 0 radical (unpaired) electrons. The van der Waals surface area contributed by atoms with Gasteiger partial charge in [-0.2, -0.15) is 0 Å². The van der Waals surface area contributed by atoms with Crippen molar-refractivity contribution >= 4 is 11.0 Å². The van der Waals surface area contributed by atoms with E-state index in [0.717, 1.165) is 63.1 Å². The third-order valence-electron chi connectivity index (χ3n) is 4.08. The number of piperidine rings is 1. The molecule has 1 unspecified atom stereocenters. The third kappa shape index (κ3) is 4.06. The van der Waals surface area contributed by atoms with Crippen LogP contribution in [0.2, 0.25) is 0 Å². The maximum Gasteiger partial charge on any atom is 0.133 e. The van der Waals surface area contributed by atoms with Crippen LogP contribution in [-0.2, 0) is 11.2 Å². The Morgan fingerprint density at radius 1 is 1.29 bits per heavy atom. The number of fused-ring (bicyclic) bond motifs is 1. The van der Waals surface area contributed by atoms with Crippen molar-refractivity contribution in [2.75, 3.05) is 32.8 Å². The second-order valence-electron chi connectivity index (χ2n) is 5.75. The molecule has 21 heavy (non-hydrogen) atoms. The van der Waals surface area contributed by atoms with Gasteiger partial charge in [0.15, 0.2) is 0 Å². The lowest BCUT2D eigenvalue weighted by atomic mass is 10.1. The van der Waals surface area contributed by atoms with Gasteiger partial charge < -0.3 is 14.3 Å². The average molecular weight is 289 g/mol. The van der Waals surface area contributed by atoms with Crippen LogP contribution in [0.5, 0.6) is 0 Å². The van der Waals surface area contributed by atoms with Gasteiger partial charge in [-0.1, -0.05) is 6.07 Å². The number of benzene rings is 1. The molecule has 3 rings (SSSR count). The van der Waals surface area contributed by atoms with E-state index in [2.05, 4.69) is 17.0 Å². The van der Waals surface area contributed by atoms with E-state index in [9.17, 15) is 5.11 Å². The quantitative estimate of drug-likeness (QED) is 0.830. The van der Waals surface area contributed by atoms with Gasteiger partial charge in [0.05, 0.1) is 25.6 Å². The van der Waals surface area contributed by atoms with Crippen molar-refractivity contribution in [2.24, 2.45) is 0 Å². The van der Waals surface area contributed by atoms with Gasteiger partial charge in [0, 0.05) is 18.5 Å². The summed E-state index contributed by atoms with van der Waals surface area (Å²) in [7, 11) is 0. The summed E-state index contributed by atoms with van der Waals surface area (Å²) in [6, 6.07) is 8.25. The Bertz CT molecular complexity index is 566. The molecule has 4 nitrogen and oxygen atoms in total. The van der Waals surface area contributed by atoms with Crippen LogP contribution in [0.25, 0.3) is 11.0 Å². The number of furan rings is 1. The van der Waals surface area contributed by atoms with Crippen LogP contribution in [0.4, 0.5) is 0 Å². The highest BCUT2D eigenvalue weighted by Crippen LogP contribution is 2.17. The van der Waals surface area contributed by atoms with Crippen LogP contribution in [0.1, 0.15) is 18.4 Å². The zero-order chi connectivity index (χ0) is 14.5. The lowest BCUT2D eigenvalue weighted by Crippen LogP contribution is -2.40. The SMILES string of the molecule is OC1CCCN(CCOCCc2ccc3occc3c2)C1. The third-order valence-corrected chi connectivity index (χ3v) is 4.08. The molecule has 1 fully saturated rings. The van der Waals surface area contributed by atoms with Crippen LogP contribution in [0.15, 0.2) is 34.9 Å². The summed E-state index contributed by atoms with van der Waals surface area (Å²) in [4.78, 5) is 2.28. The maximum atomic E-state index is 9.61. The lowest BCUT2D eigenvalue weighted by molar-refractivity contribution is 0.0456. The zero-order valence-electron chi connectivity index (χ0n) is 12.3. The molecule has 4 heteroatoms. The number of β-amino-alcohol motifs (C(OH)–C–C–N with tert-alkyl or cyclic N) is 1. The minimum atomic E-state index is -0.152. The van der Waals surface area contributed by atoms with E-state index in [1.807, 2.05) is 12.1 Å². The fourth-order valence-corrected chi connectivity index (χ4v) is 2.89. The van der Waals surface area contributed by atoms with E-state index in [0.29, 0.717) is 0 Å². The largest absolute Gasteiger partial charge is 0.464 e. The van der Waals surface area contributed by atoms with Gasteiger partial charge in [-0.05, 0) is 49.6 Å². The number of ether oxygens (including phenoxy) is 1. The van der Waals surface area contributed by atoms with Gasteiger partial charge in [0.25, 0.3) is 0 Å². The van der Waals surface area contributed by atoms with Crippen LogP contribution < -0.4 is 0 Å². The first-order chi connectivity index (χ1) is 10.3. The van der Waals surface area contributed by atoms with Crippen molar-refractivity contribution < 1.29 is 14.3 Å². The van der Waals surface area contributed by atoms with Crippen LogP contribution in [0, 0.1) is 0 Å². The molecule has 0 saturated carbocycles. The molecule has 2 aromatic rings. The van der Waals surface area contributed by atoms with Crippen molar-refractivity contribution in [3.63, 3.8) is 0 Å². The fraction of sp³-hybridized carbons (Fsp3) is 0.529. The van der Waals surface area contributed by atoms with E-state index in [4.69, 9.17) is 9.15 Å². The highest BCUT2D eigenvalue weighted by molar-refractivity contribution is 5.77. The number of rotatable bonds is 6. The number of hydrogen-bond donors (Lipinski definition) is 1. The molecule has 1 aromatic heterocycles. The highest BCUT2D eigenvalue weighted by Gasteiger charge is 2.16. The van der Waals surface area contributed by atoms with Gasteiger partial charge in [0.2, 0.25) is 0 Å². The van der Waals surface area contributed by atoms with Crippen molar-refractivity contribution in [1.29, 1.82) is 0 Å². The second-order valence-corrected chi connectivity index (χ2v) is 5.75. The minimum absolute atomic E-state index is 0.152. The summed E-state index contributed by atoms with van der Waals surface area (Å²) in [6.07, 6.45) is 4.52. The van der Waals surface area contributed by atoms with E-state index in [1.165, 1.54) is 5.56 Å². The van der Waals surface area contributed by atoms with Gasteiger partial charge in [0.1, 0.15) is 5.58 Å². The van der Waals surface area contributed by atoms with Crippen molar-refractivity contribution in [2.45, 2.75) is 25.4 Å². The van der Waals surface area contributed by atoms with Gasteiger partial charge in [-0.3, -0.25) is 4.90 Å². The van der Waals surface area contributed by atoms with Crippen LogP contribution >= 0.6 is 0 Å². The number of aliphatic hydroxyl groups excluding tert-OH is 1. The Kier molecular flexibility index (Phi) is 4.91. The molecule has 1 atom stereocenters. The molecule has 0 bridgehead atoms. The van der Waals surface area contributed by atoms with Crippen molar-refractivity contribution in [3.8, 4) is 0 Å². The fourth-order valence-electron chi connectivity index (χ4n) is 2.89. The van der Waals surface area contributed by atoms with E-state index < -0.39 is 0 Å². The first-order valence-electron chi connectivity index (χ1n) is 7.75. The molecular weight excluding hydrogens is 266 g/mol. The van der Waals surface area contributed by atoms with Gasteiger partial charge in [-0.25, -0.2) is 0 Å². The highest BCUT2D eigenvalue weighted by atomic mass is 16.5. The molecular formula is C17H23NO3. The number of aliphatic hydroxyl groups is 1. The summed E-state index contributed by atoms with van der Waals surface area (Å²) in [5.41, 5.74) is 2.21. The first kappa shape index (κ1) is 14.6. The Morgan fingerprint density at radius 3 is 3.14 bits per heavy atom. The predicted molar refractivity (Wildman–Crippen MR) is 82.4 cm³/mol.